The lowest BCUT2D eigenvalue weighted by Crippen LogP contribution is -2.20. The van der Waals surface area contributed by atoms with Crippen molar-refractivity contribution >= 4 is 11.8 Å². The highest BCUT2D eigenvalue weighted by Crippen LogP contribution is 2.27. The first kappa shape index (κ1) is 22.0. The molecule has 0 aliphatic carbocycles. The zero-order chi connectivity index (χ0) is 23.2. The molecule has 0 spiro atoms. The molecule has 1 atom stereocenters. The van der Waals surface area contributed by atoms with Crippen LogP contribution in [0.5, 0.6) is 5.75 Å². The number of Topliss-reactive ketones (excluding diaryl/α,β-unsaturated/α-hetero) is 1. The summed E-state index contributed by atoms with van der Waals surface area (Å²) in [6.45, 7) is 3.82. The molecule has 0 aliphatic rings. The average Bonchev–Trinajstić information content (AvgIpc) is 3.18. The first-order valence-electron chi connectivity index (χ1n) is 10.5. The zero-order valence-electron chi connectivity index (χ0n) is 18.4. The van der Waals surface area contributed by atoms with Gasteiger partial charge in [0.2, 0.25) is 5.78 Å². The van der Waals surface area contributed by atoms with Gasteiger partial charge in [-0.15, -0.1) is 0 Å². The van der Waals surface area contributed by atoms with Gasteiger partial charge in [-0.1, -0.05) is 78.0 Å². The minimum Gasteiger partial charge on any atom is -0.488 e. The van der Waals surface area contributed by atoms with E-state index in [0.29, 0.717) is 22.6 Å². The summed E-state index contributed by atoms with van der Waals surface area (Å²) in [6, 6.07) is 24.5. The molecule has 1 aromatic heterocycles. The standard InChI is InChI=1S/C27H23NO5/c1-18-23(19(2)33-28-18)17-31-24-16-10-9-15-22(24)27(30)32-26(21-13-7-4-8-14-21)25(29)20-11-5-3-6-12-20/h3-16,26H,17H2,1-2H3. The van der Waals surface area contributed by atoms with E-state index < -0.39 is 12.1 Å². The van der Waals surface area contributed by atoms with Gasteiger partial charge in [0.25, 0.3) is 0 Å². The predicted octanol–water partition coefficient (Wildman–Crippen LogP) is 5.65. The summed E-state index contributed by atoms with van der Waals surface area (Å²) < 4.78 is 16.8. The number of esters is 1. The van der Waals surface area contributed by atoms with Crippen LogP contribution in [0, 0.1) is 13.8 Å². The zero-order valence-corrected chi connectivity index (χ0v) is 18.4. The third kappa shape index (κ3) is 5.01. The van der Waals surface area contributed by atoms with Crippen LogP contribution >= 0.6 is 0 Å². The molecule has 0 saturated carbocycles. The summed E-state index contributed by atoms with van der Waals surface area (Å²) in [7, 11) is 0. The second kappa shape index (κ2) is 9.96. The van der Waals surface area contributed by atoms with E-state index in [0.717, 1.165) is 11.3 Å². The Kier molecular flexibility index (Phi) is 6.64. The van der Waals surface area contributed by atoms with Crippen molar-refractivity contribution in [1.82, 2.24) is 5.16 Å². The second-order valence-electron chi connectivity index (χ2n) is 7.51. The van der Waals surface area contributed by atoms with Gasteiger partial charge in [0.05, 0.1) is 11.3 Å². The van der Waals surface area contributed by atoms with Crippen LogP contribution in [0.1, 0.15) is 49.4 Å². The molecule has 0 radical (unpaired) electrons. The number of hydrogen-bond donors (Lipinski definition) is 0. The van der Waals surface area contributed by atoms with Crippen LogP contribution in [-0.2, 0) is 11.3 Å². The fourth-order valence-corrected chi connectivity index (χ4v) is 3.44. The van der Waals surface area contributed by atoms with Crippen molar-refractivity contribution in [2.24, 2.45) is 0 Å². The third-order valence-corrected chi connectivity index (χ3v) is 5.28. The Morgan fingerprint density at radius 2 is 1.52 bits per heavy atom. The topological polar surface area (TPSA) is 78.6 Å². The maximum Gasteiger partial charge on any atom is 0.342 e. The molecule has 6 nitrogen and oxygen atoms in total. The van der Waals surface area contributed by atoms with E-state index in [1.807, 2.05) is 19.1 Å². The van der Waals surface area contributed by atoms with E-state index in [-0.39, 0.29) is 18.0 Å². The fourth-order valence-electron chi connectivity index (χ4n) is 3.44. The quantitative estimate of drug-likeness (QED) is 0.260. The molecule has 0 N–H and O–H groups in total. The molecule has 0 amide bonds. The fraction of sp³-hybridized carbons (Fsp3) is 0.148. The van der Waals surface area contributed by atoms with Gasteiger partial charge >= 0.3 is 5.97 Å². The van der Waals surface area contributed by atoms with Crippen molar-refractivity contribution in [3.05, 3.63) is 119 Å². The normalized spacial score (nSPS) is 11.6. The smallest absolute Gasteiger partial charge is 0.342 e. The number of nitrogens with zero attached hydrogens (tertiary/aromatic N) is 1. The van der Waals surface area contributed by atoms with Crippen molar-refractivity contribution in [2.75, 3.05) is 0 Å². The van der Waals surface area contributed by atoms with Crippen molar-refractivity contribution in [3.8, 4) is 5.75 Å². The lowest BCUT2D eigenvalue weighted by molar-refractivity contribution is 0.0276. The van der Waals surface area contributed by atoms with Crippen LogP contribution in [0.3, 0.4) is 0 Å². The minimum atomic E-state index is -1.09. The van der Waals surface area contributed by atoms with Crippen molar-refractivity contribution < 1.29 is 23.6 Å². The Hall–Kier alpha value is -4.19. The number of carbonyl (C=O) groups is 2. The number of ketones is 1. The molecule has 166 valence electrons. The molecule has 0 saturated heterocycles. The number of benzene rings is 3. The Morgan fingerprint density at radius 3 is 2.18 bits per heavy atom. The number of carbonyl (C=O) groups excluding carboxylic acids is 2. The highest BCUT2D eigenvalue weighted by Gasteiger charge is 2.28. The van der Waals surface area contributed by atoms with E-state index in [1.165, 1.54) is 0 Å². The Bertz CT molecular complexity index is 1230. The number of aromatic nitrogens is 1. The maximum atomic E-state index is 13.2. The molecular formula is C27H23NO5. The van der Waals surface area contributed by atoms with Gasteiger partial charge in [0.1, 0.15) is 23.7 Å². The van der Waals surface area contributed by atoms with Crippen molar-refractivity contribution in [1.29, 1.82) is 0 Å². The molecular weight excluding hydrogens is 418 g/mol. The Balaban J connectivity index is 1.59. The van der Waals surface area contributed by atoms with E-state index in [1.54, 1.807) is 79.7 Å². The second-order valence-corrected chi connectivity index (χ2v) is 7.51. The Labute approximate surface area is 191 Å². The molecule has 0 bridgehead atoms. The molecule has 0 aliphatic heterocycles. The number of ether oxygens (including phenoxy) is 2. The summed E-state index contributed by atoms with van der Waals surface area (Å²) in [6.07, 6.45) is -1.09. The van der Waals surface area contributed by atoms with Gasteiger partial charge in [-0.3, -0.25) is 4.79 Å². The maximum absolute atomic E-state index is 13.2. The van der Waals surface area contributed by atoms with Crippen LogP contribution in [0.4, 0.5) is 0 Å². The third-order valence-electron chi connectivity index (χ3n) is 5.28. The molecule has 3 aromatic carbocycles. The molecule has 0 fully saturated rings. The molecule has 4 aromatic rings. The van der Waals surface area contributed by atoms with Crippen LogP contribution in [0.15, 0.2) is 89.5 Å². The number of para-hydroxylation sites is 1. The first-order valence-corrected chi connectivity index (χ1v) is 10.5. The average molecular weight is 441 g/mol. The van der Waals surface area contributed by atoms with Gasteiger partial charge in [0.15, 0.2) is 6.10 Å². The Morgan fingerprint density at radius 1 is 0.879 bits per heavy atom. The summed E-state index contributed by atoms with van der Waals surface area (Å²) in [5.74, 6) is 0.0541. The van der Waals surface area contributed by atoms with Gasteiger partial charge in [-0.2, -0.15) is 0 Å². The van der Waals surface area contributed by atoms with E-state index in [4.69, 9.17) is 14.0 Å². The summed E-state index contributed by atoms with van der Waals surface area (Å²) >= 11 is 0. The number of hydrogen-bond acceptors (Lipinski definition) is 6. The first-order chi connectivity index (χ1) is 16.0. The summed E-state index contributed by atoms with van der Waals surface area (Å²) in [4.78, 5) is 26.4. The van der Waals surface area contributed by atoms with Gasteiger partial charge in [-0.25, -0.2) is 4.79 Å². The monoisotopic (exact) mass is 441 g/mol. The molecule has 1 heterocycles. The van der Waals surface area contributed by atoms with Gasteiger partial charge in [0, 0.05) is 11.1 Å². The lowest BCUT2D eigenvalue weighted by atomic mass is 9.99. The summed E-state index contributed by atoms with van der Waals surface area (Å²) in [5, 5.41) is 3.92. The lowest BCUT2D eigenvalue weighted by Gasteiger charge is -2.18. The van der Waals surface area contributed by atoms with Crippen molar-refractivity contribution in [2.45, 2.75) is 26.6 Å². The van der Waals surface area contributed by atoms with E-state index in [9.17, 15) is 9.59 Å². The largest absolute Gasteiger partial charge is 0.488 e. The SMILES string of the molecule is Cc1noc(C)c1COc1ccccc1C(=O)OC(C(=O)c1ccccc1)c1ccccc1. The highest BCUT2D eigenvalue weighted by atomic mass is 16.5. The van der Waals surface area contributed by atoms with Crippen LogP contribution in [0.25, 0.3) is 0 Å². The van der Waals surface area contributed by atoms with E-state index in [2.05, 4.69) is 5.16 Å². The van der Waals surface area contributed by atoms with Gasteiger partial charge in [-0.05, 0) is 26.0 Å². The molecule has 6 heteroatoms. The van der Waals surface area contributed by atoms with Gasteiger partial charge < -0.3 is 14.0 Å². The van der Waals surface area contributed by atoms with Crippen molar-refractivity contribution in [3.63, 3.8) is 0 Å². The molecule has 33 heavy (non-hydrogen) atoms. The van der Waals surface area contributed by atoms with E-state index >= 15 is 0 Å². The predicted molar refractivity (Wildman–Crippen MR) is 122 cm³/mol. The molecule has 4 rings (SSSR count). The highest BCUT2D eigenvalue weighted by molar-refractivity contribution is 6.02. The minimum absolute atomic E-state index is 0.191. The summed E-state index contributed by atoms with van der Waals surface area (Å²) in [5.41, 5.74) is 2.83. The van der Waals surface area contributed by atoms with Crippen LogP contribution < -0.4 is 4.74 Å². The number of aryl methyl sites for hydroxylation is 2. The number of rotatable bonds is 8. The molecule has 1 unspecified atom stereocenters. The van der Waals surface area contributed by atoms with Crippen LogP contribution in [0.2, 0.25) is 0 Å². The van der Waals surface area contributed by atoms with Crippen LogP contribution in [-0.4, -0.2) is 16.9 Å².